The molecule has 0 heterocycles. The molecular weight excluding hydrogens is 220 g/mol. The molecule has 16 heavy (non-hydrogen) atoms. The Balaban J connectivity index is 2.23. The first-order valence-corrected chi connectivity index (χ1v) is 5.61. The highest BCUT2D eigenvalue weighted by Gasteiger charge is 2.23. The summed E-state index contributed by atoms with van der Waals surface area (Å²) in [7, 11) is 0. The fourth-order valence-corrected chi connectivity index (χ4v) is 1.52. The van der Waals surface area contributed by atoms with Crippen molar-refractivity contribution in [3.05, 3.63) is 29.3 Å². The van der Waals surface area contributed by atoms with Crippen LogP contribution in [0.3, 0.4) is 0 Å². The summed E-state index contributed by atoms with van der Waals surface area (Å²) in [5.74, 6) is -0.0386. The molecule has 1 aromatic carbocycles. The molecule has 0 aliphatic heterocycles. The summed E-state index contributed by atoms with van der Waals surface area (Å²) in [5.41, 5.74) is 2.32. The minimum absolute atomic E-state index is 0.0386. The van der Waals surface area contributed by atoms with Crippen LogP contribution in [-0.2, 0) is 0 Å². The van der Waals surface area contributed by atoms with Gasteiger partial charge in [-0.05, 0) is 49.7 Å². The third-order valence-corrected chi connectivity index (χ3v) is 2.64. The Labute approximate surface area is 99.6 Å². The van der Waals surface area contributed by atoms with Gasteiger partial charge in [0.25, 0.3) is 5.91 Å². The van der Waals surface area contributed by atoms with Crippen molar-refractivity contribution < 1.29 is 4.79 Å². The Bertz CT molecular complexity index is 474. The van der Waals surface area contributed by atoms with Crippen LogP contribution in [0.2, 0.25) is 0 Å². The molecule has 0 aromatic heterocycles. The zero-order chi connectivity index (χ0) is 11.5. The molecule has 0 spiro atoms. The first-order chi connectivity index (χ1) is 7.70. The lowest BCUT2D eigenvalue weighted by Gasteiger charge is -2.05. The highest BCUT2D eigenvalue weighted by atomic mass is 32.1. The van der Waals surface area contributed by atoms with E-state index in [1.165, 1.54) is 0 Å². The van der Waals surface area contributed by atoms with Crippen molar-refractivity contribution in [1.82, 2.24) is 5.32 Å². The van der Waals surface area contributed by atoms with Crippen LogP contribution >= 0.6 is 12.2 Å². The van der Waals surface area contributed by atoms with Crippen molar-refractivity contribution in [3.8, 4) is 0 Å². The molecular formula is C12H12N2OS. The molecule has 4 heteroatoms. The summed E-state index contributed by atoms with van der Waals surface area (Å²) in [5, 5.41) is 5.25. The van der Waals surface area contributed by atoms with Crippen LogP contribution in [-0.4, -0.2) is 17.1 Å². The standard InChI is InChI=1S/C12H12N2OS/c1-8-2-3-9(6-11(8)13-7-16)12(15)14-10-4-5-10/h2-3,6,10H,4-5H2,1H3,(H,14,15). The van der Waals surface area contributed by atoms with Gasteiger partial charge < -0.3 is 5.32 Å². The molecule has 0 atom stereocenters. The summed E-state index contributed by atoms with van der Waals surface area (Å²) in [6.45, 7) is 1.92. The molecule has 1 aliphatic rings. The second kappa shape index (κ2) is 4.56. The van der Waals surface area contributed by atoms with Gasteiger partial charge in [0.2, 0.25) is 0 Å². The minimum Gasteiger partial charge on any atom is -0.349 e. The molecule has 1 amide bonds. The van der Waals surface area contributed by atoms with Gasteiger partial charge in [0.15, 0.2) is 0 Å². The normalized spacial score (nSPS) is 14.1. The maximum absolute atomic E-state index is 11.8. The summed E-state index contributed by atoms with van der Waals surface area (Å²) in [4.78, 5) is 15.7. The lowest BCUT2D eigenvalue weighted by Crippen LogP contribution is -2.25. The van der Waals surface area contributed by atoms with Crippen LogP contribution in [0.25, 0.3) is 0 Å². The Morgan fingerprint density at radius 2 is 2.31 bits per heavy atom. The van der Waals surface area contributed by atoms with E-state index in [9.17, 15) is 4.79 Å². The van der Waals surface area contributed by atoms with Crippen molar-refractivity contribution in [2.45, 2.75) is 25.8 Å². The van der Waals surface area contributed by atoms with E-state index in [1.54, 1.807) is 12.1 Å². The van der Waals surface area contributed by atoms with Gasteiger partial charge in [0.05, 0.1) is 10.8 Å². The quantitative estimate of drug-likeness (QED) is 0.643. The van der Waals surface area contributed by atoms with Gasteiger partial charge in [-0.3, -0.25) is 4.79 Å². The molecule has 1 N–H and O–H groups in total. The average molecular weight is 232 g/mol. The Morgan fingerprint density at radius 3 is 2.94 bits per heavy atom. The fourth-order valence-electron chi connectivity index (χ4n) is 1.42. The number of benzene rings is 1. The lowest BCUT2D eigenvalue weighted by molar-refractivity contribution is 0.0951. The first kappa shape index (κ1) is 11.0. The monoisotopic (exact) mass is 232 g/mol. The number of carbonyl (C=O) groups is 1. The van der Waals surface area contributed by atoms with E-state index in [4.69, 9.17) is 0 Å². The number of nitrogens with zero attached hydrogens (tertiary/aromatic N) is 1. The van der Waals surface area contributed by atoms with Crippen LogP contribution in [0.15, 0.2) is 23.2 Å². The SMILES string of the molecule is Cc1ccc(C(=O)NC2CC2)cc1N=C=S. The van der Waals surface area contributed by atoms with Crippen molar-refractivity contribution in [2.75, 3.05) is 0 Å². The smallest absolute Gasteiger partial charge is 0.251 e. The number of isothiocyanates is 1. The summed E-state index contributed by atoms with van der Waals surface area (Å²) in [6, 6.07) is 5.78. The van der Waals surface area contributed by atoms with E-state index >= 15 is 0 Å². The summed E-state index contributed by atoms with van der Waals surface area (Å²) < 4.78 is 0. The Kier molecular flexibility index (Phi) is 3.13. The van der Waals surface area contributed by atoms with E-state index in [0.29, 0.717) is 17.3 Å². The van der Waals surface area contributed by atoms with Crippen LogP contribution in [0.1, 0.15) is 28.8 Å². The van der Waals surface area contributed by atoms with Gasteiger partial charge in [0.1, 0.15) is 0 Å². The van der Waals surface area contributed by atoms with E-state index in [0.717, 1.165) is 18.4 Å². The number of rotatable bonds is 3. The lowest BCUT2D eigenvalue weighted by atomic mass is 10.1. The summed E-state index contributed by atoms with van der Waals surface area (Å²) >= 11 is 4.57. The average Bonchev–Trinajstić information content (AvgIpc) is 3.05. The number of carbonyl (C=O) groups excluding carboxylic acids is 1. The van der Waals surface area contributed by atoms with Crippen LogP contribution in [0.4, 0.5) is 5.69 Å². The van der Waals surface area contributed by atoms with Crippen molar-refractivity contribution in [3.63, 3.8) is 0 Å². The Morgan fingerprint density at radius 1 is 1.56 bits per heavy atom. The third-order valence-electron chi connectivity index (χ3n) is 2.55. The van der Waals surface area contributed by atoms with Gasteiger partial charge >= 0.3 is 0 Å². The van der Waals surface area contributed by atoms with E-state index in [-0.39, 0.29) is 5.91 Å². The highest BCUT2D eigenvalue weighted by molar-refractivity contribution is 7.78. The minimum atomic E-state index is -0.0386. The number of aryl methyl sites for hydroxylation is 1. The van der Waals surface area contributed by atoms with E-state index in [2.05, 4.69) is 27.7 Å². The van der Waals surface area contributed by atoms with Gasteiger partial charge in [-0.1, -0.05) is 6.07 Å². The molecule has 0 bridgehead atoms. The number of hydrogen-bond donors (Lipinski definition) is 1. The zero-order valence-corrected chi connectivity index (χ0v) is 9.80. The molecule has 82 valence electrons. The third kappa shape index (κ3) is 2.54. The molecule has 2 rings (SSSR count). The van der Waals surface area contributed by atoms with Crippen molar-refractivity contribution >= 4 is 29.0 Å². The van der Waals surface area contributed by atoms with Gasteiger partial charge in [-0.2, -0.15) is 4.99 Å². The van der Waals surface area contributed by atoms with Gasteiger partial charge in [-0.25, -0.2) is 0 Å². The van der Waals surface area contributed by atoms with Crippen LogP contribution < -0.4 is 5.32 Å². The molecule has 1 fully saturated rings. The second-order valence-corrected chi connectivity index (χ2v) is 4.13. The fraction of sp³-hybridized carbons (Fsp3) is 0.333. The maximum atomic E-state index is 11.8. The van der Waals surface area contributed by atoms with E-state index in [1.807, 2.05) is 13.0 Å². The maximum Gasteiger partial charge on any atom is 0.251 e. The predicted octanol–water partition coefficient (Wildman–Crippen LogP) is 2.62. The summed E-state index contributed by atoms with van der Waals surface area (Å²) in [6.07, 6.45) is 2.17. The number of hydrogen-bond acceptors (Lipinski definition) is 3. The first-order valence-electron chi connectivity index (χ1n) is 5.20. The Hall–Kier alpha value is -1.51. The molecule has 0 radical (unpaired) electrons. The number of aliphatic imine (C=N–C) groups is 1. The number of thiocarbonyl (C=S) groups is 1. The molecule has 0 saturated heterocycles. The highest BCUT2D eigenvalue weighted by Crippen LogP contribution is 2.22. The van der Waals surface area contributed by atoms with Gasteiger partial charge in [-0.15, -0.1) is 0 Å². The molecule has 1 aliphatic carbocycles. The molecule has 0 unspecified atom stereocenters. The zero-order valence-electron chi connectivity index (χ0n) is 8.99. The van der Waals surface area contributed by atoms with Crippen LogP contribution in [0, 0.1) is 6.92 Å². The molecule has 3 nitrogen and oxygen atoms in total. The second-order valence-electron chi connectivity index (χ2n) is 3.95. The predicted molar refractivity (Wildman–Crippen MR) is 66.4 cm³/mol. The largest absolute Gasteiger partial charge is 0.349 e. The molecule has 1 saturated carbocycles. The van der Waals surface area contributed by atoms with Crippen molar-refractivity contribution in [1.29, 1.82) is 0 Å². The van der Waals surface area contributed by atoms with Gasteiger partial charge in [0, 0.05) is 11.6 Å². The molecule has 1 aromatic rings. The van der Waals surface area contributed by atoms with E-state index < -0.39 is 0 Å². The van der Waals surface area contributed by atoms with Crippen LogP contribution in [0.5, 0.6) is 0 Å². The topological polar surface area (TPSA) is 41.5 Å². The van der Waals surface area contributed by atoms with Crippen molar-refractivity contribution in [2.24, 2.45) is 4.99 Å². The number of amides is 1. The number of nitrogens with one attached hydrogen (secondary N) is 1.